The molecule has 1 aromatic carbocycles. The third kappa shape index (κ3) is 8.06. The third-order valence-electron chi connectivity index (χ3n) is 5.66. The molecule has 6 heteroatoms. The van der Waals surface area contributed by atoms with Crippen LogP contribution in [0.15, 0.2) is 23.2 Å². The smallest absolute Gasteiger partial charge is 0.191 e. The highest BCUT2D eigenvalue weighted by atomic mass is 127. The lowest BCUT2D eigenvalue weighted by Crippen LogP contribution is -2.38. The monoisotopic (exact) mass is 515 g/mol. The van der Waals surface area contributed by atoms with Crippen molar-refractivity contribution in [3.8, 4) is 0 Å². The first kappa shape index (κ1) is 24.4. The van der Waals surface area contributed by atoms with Gasteiger partial charge in [-0.05, 0) is 69.1 Å². The SMILES string of the molecule is CCNC(=NCCCOCC1CCOC1)NC(C)c1ccc2c(c1)CCCC2.I. The zero-order chi connectivity index (χ0) is 19.6. The van der Waals surface area contributed by atoms with Crippen LogP contribution < -0.4 is 10.6 Å². The van der Waals surface area contributed by atoms with Gasteiger partial charge >= 0.3 is 0 Å². The van der Waals surface area contributed by atoms with Crippen molar-refractivity contribution in [3.63, 3.8) is 0 Å². The fourth-order valence-electron chi connectivity index (χ4n) is 3.95. The highest BCUT2D eigenvalue weighted by Crippen LogP contribution is 2.24. The van der Waals surface area contributed by atoms with Gasteiger partial charge in [0.15, 0.2) is 5.96 Å². The summed E-state index contributed by atoms with van der Waals surface area (Å²) in [6.07, 6.45) is 7.17. The normalized spacial score (nSPS) is 19.9. The van der Waals surface area contributed by atoms with E-state index in [1.54, 1.807) is 0 Å². The summed E-state index contributed by atoms with van der Waals surface area (Å²) in [4.78, 5) is 4.73. The Hall–Kier alpha value is -0.860. The van der Waals surface area contributed by atoms with E-state index in [0.717, 1.165) is 58.3 Å². The molecule has 1 heterocycles. The van der Waals surface area contributed by atoms with Crippen LogP contribution in [0.1, 0.15) is 62.3 Å². The zero-order valence-corrected chi connectivity index (χ0v) is 20.4. The molecule has 1 aliphatic heterocycles. The Bertz CT molecular complexity index is 633. The molecule has 1 fully saturated rings. The van der Waals surface area contributed by atoms with Gasteiger partial charge in [0.25, 0.3) is 0 Å². The molecule has 1 aromatic rings. The maximum absolute atomic E-state index is 5.77. The first-order valence-corrected chi connectivity index (χ1v) is 11.1. The topological polar surface area (TPSA) is 54.9 Å². The van der Waals surface area contributed by atoms with Crippen LogP contribution >= 0.6 is 24.0 Å². The first-order valence-electron chi connectivity index (χ1n) is 11.1. The number of nitrogens with zero attached hydrogens (tertiary/aromatic N) is 1. The minimum Gasteiger partial charge on any atom is -0.381 e. The van der Waals surface area contributed by atoms with E-state index in [1.165, 1.54) is 42.4 Å². The second kappa shape index (κ2) is 13.4. The minimum absolute atomic E-state index is 0. The minimum atomic E-state index is 0. The van der Waals surface area contributed by atoms with Gasteiger partial charge in [0.1, 0.15) is 0 Å². The number of fused-ring (bicyclic) bond motifs is 1. The summed E-state index contributed by atoms with van der Waals surface area (Å²) >= 11 is 0. The molecule has 3 rings (SSSR count). The fourth-order valence-corrected chi connectivity index (χ4v) is 3.95. The number of rotatable bonds is 9. The maximum atomic E-state index is 5.77. The molecule has 0 saturated carbocycles. The summed E-state index contributed by atoms with van der Waals surface area (Å²) < 4.78 is 11.2. The summed E-state index contributed by atoms with van der Waals surface area (Å²) in [7, 11) is 0. The molecule has 29 heavy (non-hydrogen) atoms. The molecule has 0 bridgehead atoms. The molecule has 164 valence electrons. The van der Waals surface area contributed by atoms with Crippen LogP contribution in [-0.2, 0) is 22.3 Å². The quantitative estimate of drug-likeness (QED) is 0.224. The van der Waals surface area contributed by atoms with Crippen molar-refractivity contribution in [3.05, 3.63) is 34.9 Å². The molecular weight excluding hydrogens is 477 g/mol. The zero-order valence-electron chi connectivity index (χ0n) is 18.0. The van der Waals surface area contributed by atoms with E-state index in [9.17, 15) is 0 Å². The van der Waals surface area contributed by atoms with Crippen molar-refractivity contribution in [2.45, 2.75) is 58.4 Å². The molecule has 0 amide bonds. The number of nitrogens with one attached hydrogen (secondary N) is 2. The van der Waals surface area contributed by atoms with Gasteiger partial charge in [0.2, 0.25) is 0 Å². The van der Waals surface area contributed by atoms with Crippen LogP contribution in [0.3, 0.4) is 0 Å². The number of halogens is 1. The number of aliphatic imine (C=N–C) groups is 1. The van der Waals surface area contributed by atoms with Crippen LogP contribution in [-0.4, -0.2) is 45.5 Å². The van der Waals surface area contributed by atoms with Gasteiger partial charge in [-0.15, -0.1) is 24.0 Å². The third-order valence-corrected chi connectivity index (χ3v) is 5.66. The van der Waals surface area contributed by atoms with Crippen LogP contribution in [0, 0.1) is 5.92 Å². The van der Waals surface area contributed by atoms with Crippen LogP contribution in [0.2, 0.25) is 0 Å². The highest BCUT2D eigenvalue weighted by Gasteiger charge is 2.15. The molecule has 2 N–H and O–H groups in total. The number of benzene rings is 1. The summed E-state index contributed by atoms with van der Waals surface area (Å²) in [5.74, 6) is 1.47. The van der Waals surface area contributed by atoms with Crippen molar-refractivity contribution in [1.29, 1.82) is 0 Å². The van der Waals surface area contributed by atoms with Crippen LogP contribution in [0.5, 0.6) is 0 Å². The molecule has 1 aliphatic carbocycles. The van der Waals surface area contributed by atoms with E-state index >= 15 is 0 Å². The maximum Gasteiger partial charge on any atom is 0.191 e. The molecule has 0 aromatic heterocycles. The number of ether oxygens (including phenoxy) is 2. The highest BCUT2D eigenvalue weighted by molar-refractivity contribution is 14.0. The second-order valence-electron chi connectivity index (χ2n) is 8.02. The van der Waals surface area contributed by atoms with E-state index < -0.39 is 0 Å². The number of hydrogen-bond acceptors (Lipinski definition) is 3. The van der Waals surface area contributed by atoms with Gasteiger partial charge in [-0.2, -0.15) is 0 Å². The number of guanidine groups is 1. The Morgan fingerprint density at radius 3 is 2.86 bits per heavy atom. The lowest BCUT2D eigenvalue weighted by Gasteiger charge is -2.21. The molecule has 2 aliphatic rings. The van der Waals surface area contributed by atoms with Crippen molar-refractivity contribution >= 4 is 29.9 Å². The lowest BCUT2D eigenvalue weighted by atomic mass is 9.89. The van der Waals surface area contributed by atoms with E-state index in [-0.39, 0.29) is 30.0 Å². The number of hydrogen-bond donors (Lipinski definition) is 2. The van der Waals surface area contributed by atoms with E-state index in [2.05, 4.69) is 42.7 Å². The second-order valence-corrected chi connectivity index (χ2v) is 8.02. The van der Waals surface area contributed by atoms with E-state index in [4.69, 9.17) is 14.5 Å². The summed E-state index contributed by atoms with van der Waals surface area (Å²) in [6.45, 7) is 9.27. The summed E-state index contributed by atoms with van der Waals surface area (Å²) in [5.41, 5.74) is 4.41. The average Bonchev–Trinajstić information content (AvgIpc) is 3.23. The van der Waals surface area contributed by atoms with Gasteiger partial charge in [-0.1, -0.05) is 18.2 Å². The molecule has 2 atom stereocenters. The largest absolute Gasteiger partial charge is 0.381 e. The van der Waals surface area contributed by atoms with Crippen LogP contribution in [0.4, 0.5) is 0 Å². The van der Waals surface area contributed by atoms with Gasteiger partial charge in [-0.3, -0.25) is 4.99 Å². The molecular formula is C23H38IN3O2. The fraction of sp³-hybridized carbons (Fsp3) is 0.696. The molecule has 5 nitrogen and oxygen atoms in total. The Kier molecular flexibility index (Phi) is 11.3. The van der Waals surface area contributed by atoms with Gasteiger partial charge in [0, 0.05) is 32.2 Å². The Balaban J connectivity index is 0.00000300. The van der Waals surface area contributed by atoms with Crippen LogP contribution in [0.25, 0.3) is 0 Å². The van der Waals surface area contributed by atoms with E-state index in [1.807, 2.05) is 0 Å². The lowest BCUT2D eigenvalue weighted by molar-refractivity contribution is 0.0893. The van der Waals surface area contributed by atoms with Gasteiger partial charge in [-0.25, -0.2) is 0 Å². The van der Waals surface area contributed by atoms with E-state index in [0.29, 0.717) is 5.92 Å². The van der Waals surface area contributed by atoms with Crippen molar-refractivity contribution in [2.75, 3.05) is 39.5 Å². The summed E-state index contributed by atoms with van der Waals surface area (Å²) in [6, 6.07) is 7.21. The molecule has 2 unspecified atom stereocenters. The predicted molar refractivity (Wildman–Crippen MR) is 130 cm³/mol. The van der Waals surface area contributed by atoms with Crippen molar-refractivity contribution < 1.29 is 9.47 Å². The molecule has 1 saturated heterocycles. The number of aryl methyl sites for hydroxylation is 2. The van der Waals surface area contributed by atoms with Crippen molar-refractivity contribution in [1.82, 2.24) is 10.6 Å². The molecule has 0 spiro atoms. The Morgan fingerprint density at radius 1 is 1.28 bits per heavy atom. The van der Waals surface area contributed by atoms with Gasteiger partial charge < -0.3 is 20.1 Å². The first-order chi connectivity index (χ1) is 13.8. The average molecular weight is 515 g/mol. The predicted octanol–water partition coefficient (Wildman–Crippen LogP) is 4.24. The Labute approximate surface area is 193 Å². The van der Waals surface area contributed by atoms with Gasteiger partial charge in [0.05, 0.1) is 19.3 Å². The van der Waals surface area contributed by atoms with Crippen molar-refractivity contribution in [2.24, 2.45) is 10.9 Å². The summed E-state index contributed by atoms with van der Waals surface area (Å²) in [5, 5.41) is 6.92. The standard InChI is InChI=1S/C23H37N3O2.HI/c1-3-24-23(25-12-6-13-27-16-19-11-14-28-17-19)26-18(2)21-10-9-20-7-4-5-8-22(20)15-21;/h9-10,15,18-19H,3-8,11-14,16-17H2,1-2H3,(H2,24,25,26);1H. The molecule has 0 radical (unpaired) electrons. The Morgan fingerprint density at radius 2 is 2.10 bits per heavy atom.